The largest absolute Gasteiger partial charge is 0.353 e. The van der Waals surface area contributed by atoms with E-state index in [0.29, 0.717) is 5.75 Å². The predicted molar refractivity (Wildman–Crippen MR) is 129 cm³/mol. The van der Waals surface area contributed by atoms with Crippen LogP contribution >= 0.6 is 11.8 Å². The SMILES string of the molecule is CCc1ccccc1-n1cnnc1SCC(=O)NC1CCN(Cc2cccc(C)c2)CC1. The molecule has 168 valence electrons. The van der Waals surface area contributed by atoms with Crippen molar-refractivity contribution in [1.29, 1.82) is 0 Å². The van der Waals surface area contributed by atoms with Crippen molar-refractivity contribution in [3.63, 3.8) is 0 Å². The number of benzene rings is 2. The zero-order valence-electron chi connectivity index (χ0n) is 18.8. The third-order valence-electron chi connectivity index (χ3n) is 5.92. The standard InChI is InChI=1S/C25H31N5OS/c1-3-21-9-4-5-10-23(21)30-18-26-28-25(30)32-17-24(31)27-22-11-13-29(14-12-22)16-20-8-6-7-19(2)15-20/h4-10,15,18,22H,3,11-14,16-17H2,1-2H3,(H,27,31). The Morgan fingerprint density at radius 2 is 1.97 bits per heavy atom. The van der Waals surface area contributed by atoms with Crippen LogP contribution in [0, 0.1) is 6.92 Å². The minimum absolute atomic E-state index is 0.0606. The molecule has 6 nitrogen and oxygen atoms in total. The number of para-hydroxylation sites is 1. The Hall–Kier alpha value is -2.64. The van der Waals surface area contributed by atoms with E-state index >= 15 is 0 Å². The molecule has 2 aromatic carbocycles. The first-order valence-electron chi connectivity index (χ1n) is 11.3. The highest BCUT2D eigenvalue weighted by molar-refractivity contribution is 7.99. The summed E-state index contributed by atoms with van der Waals surface area (Å²) in [6, 6.07) is 17.2. The number of hydrogen-bond donors (Lipinski definition) is 1. The third kappa shape index (κ3) is 5.78. The molecular formula is C25H31N5OS. The molecule has 32 heavy (non-hydrogen) atoms. The molecule has 4 rings (SSSR count). The quantitative estimate of drug-likeness (QED) is 0.527. The van der Waals surface area contributed by atoms with Crippen LogP contribution in [0.15, 0.2) is 60.0 Å². The normalized spacial score (nSPS) is 15.1. The van der Waals surface area contributed by atoms with Crippen molar-refractivity contribution in [2.24, 2.45) is 0 Å². The molecule has 1 fully saturated rings. The van der Waals surface area contributed by atoms with Crippen LogP contribution in [0.1, 0.15) is 36.5 Å². The van der Waals surface area contributed by atoms with Gasteiger partial charge in [0.05, 0.1) is 11.4 Å². The lowest BCUT2D eigenvalue weighted by Gasteiger charge is -2.32. The number of carbonyl (C=O) groups excluding carboxylic acids is 1. The van der Waals surface area contributed by atoms with E-state index in [1.165, 1.54) is 28.5 Å². The molecule has 1 aliphatic heterocycles. The van der Waals surface area contributed by atoms with E-state index in [1.807, 2.05) is 16.7 Å². The van der Waals surface area contributed by atoms with Crippen LogP contribution in [0.2, 0.25) is 0 Å². The Balaban J connectivity index is 1.25. The number of piperidine rings is 1. The number of carbonyl (C=O) groups is 1. The first-order chi connectivity index (χ1) is 15.6. The molecule has 1 saturated heterocycles. The van der Waals surface area contributed by atoms with Gasteiger partial charge >= 0.3 is 0 Å². The molecule has 2 heterocycles. The number of aryl methyl sites for hydroxylation is 2. The van der Waals surface area contributed by atoms with Gasteiger partial charge in [-0.05, 0) is 43.4 Å². The van der Waals surface area contributed by atoms with Gasteiger partial charge in [0.25, 0.3) is 0 Å². The summed E-state index contributed by atoms with van der Waals surface area (Å²) in [6.07, 6.45) is 4.63. The highest BCUT2D eigenvalue weighted by atomic mass is 32.2. The summed E-state index contributed by atoms with van der Waals surface area (Å²) in [6.45, 7) is 7.26. The fourth-order valence-corrected chi connectivity index (χ4v) is 4.97. The van der Waals surface area contributed by atoms with Crippen molar-refractivity contribution in [2.75, 3.05) is 18.8 Å². The molecule has 3 aromatic rings. The van der Waals surface area contributed by atoms with Gasteiger partial charge in [0.1, 0.15) is 6.33 Å². The van der Waals surface area contributed by atoms with Gasteiger partial charge in [-0.2, -0.15) is 0 Å². The second-order valence-electron chi connectivity index (χ2n) is 8.36. The van der Waals surface area contributed by atoms with Gasteiger partial charge in [-0.1, -0.05) is 66.7 Å². The van der Waals surface area contributed by atoms with Gasteiger partial charge in [0.15, 0.2) is 5.16 Å². The average Bonchev–Trinajstić information content (AvgIpc) is 3.27. The Kier molecular flexibility index (Phi) is 7.60. The van der Waals surface area contributed by atoms with Gasteiger partial charge < -0.3 is 5.32 Å². The molecule has 7 heteroatoms. The lowest BCUT2D eigenvalue weighted by molar-refractivity contribution is -0.119. The van der Waals surface area contributed by atoms with E-state index in [2.05, 4.69) is 70.7 Å². The lowest BCUT2D eigenvalue weighted by Crippen LogP contribution is -2.44. The first-order valence-corrected chi connectivity index (χ1v) is 12.3. The van der Waals surface area contributed by atoms with E-state index in [4.69, 9.17) is 0 Å². The number of thioether (sulfide) groups is 1. The average molecular weight is 450 g/mol. The summed E-state index contributed by atoms with van der Waals surface area (Å²) < 4.78 is 1.97. The number of rotatable bonds is 8. The molecule has 1 amide bonds. The van der Waals surface area contributed by atoms with Crippen LogP contribution in [0.4, 0.5) is 0 Å². The second-order valence-corrected chi connectivity index (χ2v) is 9.30. The molecule has 0 aliphatic carbocycles. The smallest absolute Gasteiger partial charge is 0.230 e. The van der Waals surface area contributed by atoms with E-state index in [1.54, 1.807) is 6.33 Å². The topological polar surface area (TPSA) is 63.1 Å². The fraction of sp³-hybridized carbons (Fsp3) is 0.400. The van der Waals surface area contributed by atoms with Crippen LogP contribution in [-0.2, 0) is 17.8 Å². The van der Waals surface area contributed by atoms with E-state index in [-0.39, 0.29) is 11.9 Å². The van der Waals surface area contributed by atoms with Crippen LogP contribution < -0.4 is 5.32 Å². The van der Waals surface area contributed by atoms with Crippen molar-refractivity contribution in [3.05, 3.63) is 71.5 Å². The van der Waals surface area contributed by atoms with E-state index in [0.717, 1.165) is 49.7 Å². The van der Waals surface area contributed by atoms with Gasteiger partial charge in [-0.3, -0.25) is 14.3 Å². The van der Waals surface area contributed by atoms with Gasteiger partial charge in [-0.25, -0.2) is 0 Å². The number of nitrogens with zero attached hydrogens (tertiary/aromatic N) is 4. The Labute approximate surface area is 194 Å². The van der Waals surface area contributed by atoms with Crippen LogP contribution in [-0.4, -0.2) is 50.5 Å². The zero-order chi connectivity index (χ0) is 22.3. The molecule has 1 aromatic heterocycles. The first kappa shape index (κ1) is 22.6. The van der Waals surface area contributed by atoms with Crippen molar-refractivity contribution < 1.29 is 4.79 Å². The Morgan fingerprint density at radius 3 is 2.75 bits per heavy atom. The highest BCUT2D eigenvalue weighted by Gasteiger charge is 2.21. The van der Waals surface area contributed by atoms with Crippen LogP contribution in [0.5, 0.6) is 0 Å². The van der Waals surface area contributed by atoms with E-state index in [9.17, 15) is 4.79 Å². The molecule has 0 saturated carbocycles. The van der Waals surface area contributed by atoms with Crippen molar-refractivity contribution in [1.82, 2.24) is 25.0 Å². The maximum atomic E-state index is 12.6. The second kappa shape index (κ2) is 10.8. The fourth-order valence-electron chi connectivity index (χ4n) is 4.24. The number of nitrogens with one attached hydrogen (secondary N) is 1. The summed E-state index contributed by atoms with van der Waals surface area (Å²) >= 11 is 1.43. The van der Waals surface area contributed by atoms with Crippen LogP contribution in [0.3, 0.4) is 0 Å². The number of likely N-dealkylation sites (tertiary alicyclic amines) is 1. The highest BCUT2D eigenvalue weighted by Crippen LogP contribution is 2.22. The maximum Gasteiger partial charge on any atom is 0.230 e. The Morgan fingerprint density at radius 1 is 1.16 bits per heavy atom. The molecule has 0 atom stereocenters. The maximum absolute atomic E-state index is 12.6. The van der Waals surface area contributed by atoms with E-state index < -0.39 is 0 Å². The molecule has 0 unspecified atom stereocenters. The number of amides is 1. The summed E-state index contributed by atoms with van der Waals surface area (Å²) in [7, 11) is 0. The van der Waals surface area contributed by atoms with Gasteiger partial charge in [0.2, 0.25) is 5.91 Å². The number of aromatic nitrogens is 3. The minimum atomic E-state index is 0.0606. The van der Waals surface area contributed by atoms with Crippen molar-refractivity contribution in [2.45, 2.75) is 50.9 Å². The van der Waals surface area contributed by atoms with Crippen molar-refractivity contribution >= 4 is 17.7 Å². The summed E-state index contributed by atoms with van der Waals surface area (Å²) in [5, 5.41) is 12.3. The molecule has 0 spiro atoms. The van der Waals surface area contributed by atoms with Crippen LogP contribution in [0.25, 0.3) is 5.69 Å². The zero-order valence-corrected chi connectivity index (χ0v) is 19.6. The summed E-state index contributed by atoms with van der Waals surface area (Å²) in [4.78, 5) is 15.1. The number of hydrogen-bond acceptors (Lipinski definition) is 5. The molecule has 0 radical (unpaired) electrons. The van der Waals surface area contributed by atoms with Gasteiger partial charge in [-0.15, -0.1) is 10.2 Å². The molecular weight excluding hydrogens is 418 g/mol. The molecule has 1 N–H and O–H groups in total. The monoisotopic (exact) mass is 449 g/mol. The Bertz CT molecular complexity index is 1040. The predicted octanol–water partition coefficient (Wildman–Crippen LogP) is 4.01. The molecule has 0 bridgehead atoms. The lowest BCUT2D eigenvalue weighted by atomic mass is 10.0. The summed E-state index contributed by atoms with van der Waals surface area (Å²) in [5.41, 5.74) is 4.97. The minimum Gasteiger partial charge on any atom is -0.353 e. The van der Waals surface area contributed by atoms with Crippen molar-refractivity contribution in [3.8, 4) is 5.69 Å². The third-order valence-corrected chi connectivity index (χ3v) is 6.87. The summed E-state index contributed by atoms with van der Waals surface area (Å²) in [5.74, 6) is 0.404. The molecule has 1 aliphatic rings. The van der Waals surface area contributed by atoms with Gasteiger partial charge in [0, 0.05) is 25.7 Å².